The summed E-state index contributed by atoms with van der Waals surface area (Å²) in [5.41, 5.74) is 8.95. The zero-order chi connectivity index (χ0) is 20.4. The highest BCUT2D eigenvalue weighted by Gasteiger charge is 2.18. The number of benzene rings is 2. The summed E-state index contributed by atoms with van der Waals surface area (Å²) in [7, 11) is 0. The summed E-state index contributed by atoms with van der Waals surface area (Å²) in [6.07, 6.45) is 3.64. The van der Waals surface area contributed by atoms with E-state index >= 15 is 0 Å². The van der Waals surface area contributed by atoms with Gasteiger partial charge >= 0.3 is 0 Å². The van der Waals surface area contributed by atoms with Gasteiger partial charge in [0.05, 0.1) is 11.1 Å². The monoisotopic (exact) mass is 404 g/mol. The van der Waals surface area contributed by atoms with Gasteiger partial charge in [-0.05, 0) is 42.8 Å². The SMILES string of the molecule is Cc1noc(/C=C/c2ccccc2)c1NC(=O)c1cc2cc(Cl)ccc2nc1N. The highest BCUT2D eigenvalue weighted by molar-refractivity contribution is 6.31. The molecule has 29 heavy (non-hydrogen) atoms. The van der Waals surface area contributed by atoms with Crippen molar-refractivity contribution in [3.05, 3.63) is 82.2 Å². The van der Waals surface area contributed by atoms with E-state index in [2.05, 4.69) is 15.5 Å². The van der Waals surface area contributed by atoms with Crippen LogP contribution < -0.4 is 11.1 Å². The third-order valence-corrected chi connectivity index (χ3v) is 4.64. The van der Waals surface area contributed by atoms with E-state index < -0.39 is 5.91 Å². The average molecular weight is 405 g/mol. The van der Waals surface area contributed by atoms with E-state index in [-0.39, 0.29) is 11.4 Å². The molecule has 2 heterocycles. The lowest BCUT2D eigenvalue weighted by molar-refractivity contribution is 0.102. The molecule has 6 nitrogen and oxygen atoms in total. The summed E-state index contributed by atoms with van der Waals surface area (Å²) in [6.45, 7) is 1.75. The largest absolute Gasteiger partial charge is 0.383 e. The molecule has 0 unspecified atom stereocenters. The molecule has 2 aromatic carbocycles. The van der Waals surface area contributed by atoms with Crippen LogP contribution in [-0.4, -0.2) is 16.0 Å². The fraction of sp³-hybridized carbons (Fsp3) is 0.0455. The molecule has 3 N–H and O–H groups in total. The lowest BCUT2D eigenvalue weighted by Crippen LogP contribution is -2.15. The van der Waals surface area contributed by atoms with Crippen LogP contribution in [0, 0.1) is 6.92 Å². The van der Waals surface area contributed by atoms with Gasteiger partial charge in [0.1, 0.15) is 17.2 Å². The third-order valence-electron chi connectivity index (χ3n) is 4.41. The maximum absolute atomic E-state index is 12.9. The minimum atomic E-state index is -0.405. The first-order valence-electron chi connectivity index (χ1n) is 8.88. The average Bonchev–Trinajstić information content (AvgIpc) is 3.06. The molecule has 2 aromatic heterocycles. The molecule has 0 saturated heterocycles. The minimum Gasteiger partial charge on any atom is -0.383 e. The van der Waals surface area contributed by atoms with E-state index in [0.717, 1.165) is 10.9 Å². The Balaban J connectivity index is 1.64. The van der Waals surface area contributed by atoms with Crippen molar-refractivity contribution >= 4 is 52.1 Å². The van der Waals surface area contributed by atoms with Crippen molar-refractivity contribution in [1.82, 2.24) is 10.1 Å². The van der Waals surface area contributed by atoms with Gasteiger partial charge in [-0.1, -0.05) is 53.2 Å². The standard InChI is InChI=1S/C22H17ClN4O2/c1-13-20(19(29-27-13)10-7-14-5-3-2-4-6-14)26-22(28)17-12-15-11-16(23)8-9-18(15)25-21(17)24/h2-12H,1H3,(H2,24,25)(H,26,28)/b10-7+. The molecule has 0 aliphatic rings. The summed E-state index contributed by atoms with van der Waals surface area (Å²) in [4.78, 5) is 17.2. The smallest absolute Gasteiger partial charge is 0.259 e. The number of anilines is 2. The molecule has 0 bridgehead atoms. The molecule has 7 heteroatoms. The fourth-order valence-corrected chi connectivity index (χ4v) is 3.09. The summed E-state index contributed by atoms with van der Waals surface area (Å²) in [5.74, 6) is 0.167. The maximum atomic E-state index is 12.9. The predicted molar refractivity (Wildman–Crippen MR) is 116 cm³/mol. The zero-order valence-electron chi connectivity index (χ0n) is 15.5. The van der Waals surface area contributed by atoms with Crippen LogP contribution in [0.4, 0.5) is 11.5 Å². The Morgan fingerprint density at radius 2 is 1.93 bits per heavy atom. The third kappa shape index (κ3) is 3.97. The normalized spacial score (nSPS) is 11.2. The minimum absolute atomic E-state index is 0.132. The second-order valence-electron chi connectivity index (χ2n) is 6.46. The van der Waals surface area contributed by atoms with Gasteiger partial charge in [-0.3, -0.25) is 4.79 Å². The van der Waals surface area contributed by atoms with Crippen LogP contribution in [0.5, 0.6) is 0 Å². The van der Waals surface area contributed by atoms with E-state index in [4.69, 9.17) is 21.9 Å². The van der Waals surface area contributed by atoms with Gasteiger partial charge in [0.15, 0.2) is 5.76 Å². The van der Waals surface area contributed by atoms with Crippen molar-refractivity contribution in [1.29, 1.82) is 0 Å². The van der Waals surface area contributed by atoms with E-state index in [1.807, 2.05) is 36.4 Å². The van der Waals surface area contributed by atoms with Gasteiger partial charge in [0.2, 0.25) is 0 Å². The maximum Gasteiger partial charge on any atom is 0.259 e. The second-order valence-corrected chi connectivity index (χ2v) is 6.90. The molecule has 0 spiro atoms. The number of nitrogens with zero attached hydrogens (tertiary/aromatic N) is 2. The molecule has 0 radical (unpaired) electrons. The number of rotatable bonds is 4. The number of hydrogen-bond donors (Lipinski definition) is 2. The van der Waals surface area contributed by atoms with Crippen LogP contribution >= 0.6 is 11.6 Å². The first-order chi connectivity index (χ1) is 14.0. The molecule has 0 fully saturated rings. The number of carbonyl (C=O) groups is 1. The van der Waals surface area contributed by atoms with Gasteiger partial charge in [-0.25, -0.2) is 4.98 Å². The number of nitrogens with two attached hydrogens (primary N) is 1. The molecule has 0 aliphatic heterocycles. The Morgan fingerprint density at radius 3 is 2.72 bits per heavy atom. The number of aromatic nitrogens is 2. The number of halogens is 1. The van der Waals surface area contributed by atoms with Crippen molar-refractivity contribution < 1.29 is 9.32 Å². The Hall–Kier alpha value is -3.64. The summed E-state index contributed by atoms with van der Waals surface area (Å²) in [6, 6.07) is 16.6. The summed E-state index contributed by atoms with van der Waals surface area (Å²) < 4.78 is 5.35. The van der Waals surface area contributed by atoms with Crippen LogP contribution in [0.25, 0.3) is 23.1 Å². The number of amides is 1. The van der Waals surface area contributed by atoms with Crippen LogP contribution in [0.15, 0.2) is 59.1 Å². The quantitative estimate of drug-likeness (QED) is 0.488. The number of nitrogen functional groups attached to an aromatic ring is 1. The Morgan fingerprint density at radius 1 is 1.14 bits per heavy atom. The number of carbonyl (C=O) groups excluding carboxylic acids is 1. The van der Waals surface area contributed by atoms with Gasteiger partial charge < -0.3 is 15.6 Å². The van der Waals surface area contributed by atoms with Crippen molar-refractivity contribution in [3.8, 4) is 0 Å². The van der Waals surface area contributed by atoms with Gasteiger partial charge in [0, 0.05) is 10.4 Å². The highest BCUT2D eigenvalue weighted by atomic mass is 35.5. The van der Waals surface area contributed by atoms with E-state index in [1.165, 1.54) is 0 Å². The van der Waals surface area contributed by atoms with Gasteiger partial charge in [-0.15, -0.1) is 0 Å². The van der Waals surface area contributed by atoms with Crippen LogP contribution in [0.1, 0.15) is 27.4 Å². The number of nitrogens with one attached hydrogen (secondary N) is 1. The molecule has 1 amide bonds. The molecule has 0 saturated carbocycles. The summed E-state index contributed by atoms with van der Waals surface area (Å²) >= 11 is 6.04. The van der Waals surface area contributed by atoms with Crippen molar-refractivity contribution in [3.63, 3.8) is 0 Å². The number of aryl methyl sites for hydroxylation is 1. The Bertz CT molecular complexity index is 1230. The molecule has 0 aliphatic carbocycles. The van der Waals surface area contributed by atoms with Crippen LogP contribution in [0.2, 0.25) is 5.02 Å². The zero-order valence-corrected chi connectivity index (χ0v) is 16.3. The first-order valence-corrected chi connectivity index (χ1v) is 9.25. The van der Waals surface area contributed by atoms with E-state index in [1.54, 1.807) is 37.3 Å². The number of hydrogen-bond acceptors (Lipinski definition) is 5. The van der Waals surface area contributed by atoms with Crippen molar-refractivity contribution in [2.75, 3.05) is 11.1 Å². The van der Waals surface area contributed by atoms with Crippen LogP contribution in [-0.2, 0) is 0 Å². The molecular weight excluding hydrogens is 388 g/mol. The van der Waals surface area contributed by atoms with Crippen molar-refractivity contribution in [2.24, 2.45) is 0 Å². The van der Waals surface area contributed by atoms with E-state index in [9.17, 15) is 4.79 Å². The van der Waals surface area contributed by atoms with E-state index in [0.29, 0.717) is 27.7 Å². The highest BCUT2D eigenvalue weighted by Crippen LogP contribution is 2.26. The lowest BCUT2D eigenvalue weighted by atomic mass is 10.1. The first kappa shape index (κ1) is 18.7. The number of pyridine rings is 1. The van der Waals surface area contributed by atoms with Gasteiger partial charge in [0.25, 0.3) is 5.91 Å². The predicted octanol–water partition coefficient (Wildman–Crippen LogP) is 5.19. The molecule has 4 rings (SSSR count). The summed E-state index contributed by atoms with van der Waals surface area (Å²) in [5, 5.41) is 8.07. The molecule has 144 valence electrons. The second kappa shape index (κ2) is 7.77. The topological polar surface area (TPSA) is 94.0 Å². The Labute approximate surface area is 172 Å². The molecule has 0 atom stereocenters. The number of fused-ring (bicyclic) bond motifs is 1. The fourth-order valence-electron chi connectivity index (χ4n) is 2.91. The van der Waals surface area contributed by atoms with Crippen LogP contribution in [0.3, 0.4) is 0 Å². The van der Waals surface area contributed by atoms with Crippen molar-refractivity contribution in [2.45, 2.75) is 6.92 Å². The van der Waals surface area contributed by atoms with Gasteiger partial charge in [-0.2, -0.15) is 0 Å². The Kier molecular flexibility index (Phi) is 5.01. The molecular formula is C22H17ClN4O2. The lowest BCUT2D eigenvalue weighted by Gasteiger charge is -2.08. The molecule has 4 aromatic rings.